The zero-order valence-corrected chi connectivity index (χ0v) is 13.2. The first kappa shape index (κ1) is 16.4. The van der Waals surface area contributed by atoms with E-state index in [1.54, 1.807) is 0 Å². The summed E-state index contributed by atoms with van der Waals surface area (Å²) < 4.78 is 0.881. The van der Waals surface area contributed by atoms with E-state index in [1.165, 1.54) is 25.2 Å². The highest BCUT2D eigenvalue weighted by Gasteiger charge is 2.15. The first-order chi connectivity index (χ1) is 9.32. The zero-order chi connectivity index (χ0) is 15.3. The van der Waals surface area contributed by atoms with Crippen LogP contribution >= 0.6 is 27.3 Å². The van der Waals surface area contributed by atoms with Gasteiger partial charge in [-0.15, -0.1) is 11.3 Å². The number of carbonyl (C=O) groups excluding carboxylic acids is 2. The molecule has 0 aliphatic heterocycles. The maximum atomic E-state index is 11.6. The van der Waals surface area contributed by atoms with Crippen molar-refractivity contribution >= 4 is 45.2 Å². The summed E-state index contributed by atoms with van der Waals surface area (Å²) in [4.78, 5) is 34.8. The molecule has 1 rings (SSSR count). The number of carbonyl (C=O) groups is 3. The number of nitrogens with one attached hydrogen (secondary N) is 2. The summed E-state index contributed by atoms with van der Waals surface area (Å²) in [6, 6.07) is 1.18. The highest BCUT2D eigenvalue weighted by molar-refractivity contribution is 9.10. The third kappa shape index (κ3) is 4.46. The molecule has 0 atom stereocenters. The maximum absolute atomic E-state index is 11.6. The molecule has 1 aromatic heterocycles. The van der Waals surface area contributed by atoms with Gasteiger partial charge in [0.2, 0.25) is 0 Å². The summed E-state index contributed by atoms with van der Waals surface area (Å²) in [6.07, 6.45) is 0. The summed E-state index contributed by atoms with van der Waals surface area (Å²) in [5, 5.41) is 15.2. The number of carboxylic acids is 1. The molecule has 0 saturated heterocycles. The number of thiophene rings is 1. The Kier molecular flexibility index (Phi) is 5.90. The number of urea groups is 1. The molecule has 1 heterocycles. The fourth-order valence-corrected chi connectivity index (χ4v) is 2.62. The van der Waals surface area contributed by atoms with E-state index >= 15 is 0 Å². The van der Waals surface area contributed by atoms with Crippen molar-refractivity contribution in [1.82, 2.24) is 10.6 Å². The van der Waals surface area contributed by atoms with E-state index in [2.05, 4.69) is 26.6 Å². The molecule has 0 spiro atoms. The van der Waals surface area contributed by atoms with Crippen LogP contribution in [0.1, 0.15) is 18.7 Å². The van der Waals surface area contributed by atoms with Crippen molar-refractivity contribution in [2.24, 2.45) is 0 Å². The third-order valence-corrected chi connectivity index (χ3v) is 4.48. The van der Waals surface area contributed by atoms with Crippen molar-refractivity contribution in [2.45, 2.75) is 20.4 Å². The lowest BCUT2D eigenvalue weighted by molar-refractivity contribution is -0.133. The van der Waals surface area contributed by atoms with E-state index in [0.29, 0.717) is 0 Å². The van der Waals surface area contributed by atoms with Crippen LogP contribution in [0.5, 0.6) is 0 Å². The molecule has 0 saturated carbocycles. The fourth-order valence-electron chi connectivity index (χ4n) is 1.18. The van der Waals surface area contributed by atoms with Crippen LogP contribution in [0.25, 0.3) is 0 Å². The quantitative estimate of drug-likeness (QED) is 0.717. The summed E-state index contributed by atoms with van der Waals surface area (Å²) in [5.74, 6) is -1.92. The topological polar surface area (TPSA) is 95.5 Å². The predicted molar refractivity (Wildman–Crippen MR) is 78.4 cm³/mol. The van der Waals surface area contributed by atoms with Gasteiger partial charge in [-0.3, -0.25) is 10.1 Å². The molecule has 3 N–H and O–H groups in total. The molecular formula is C12H13BrN2O4S. The monoisotopic (exact) mass is 360 g/mol. The summed E-state index contributed by atoms with van der Waals surface area (Å²) >= 11 is 4.79. The normalized spacial score (nSPS) is 11.6. The highest BCUT2D eigenvalue weighted by atomic mass is 79.9. The van der Waals surface area contributed by atoms with Crippen LogP contribution in [0.15, 0.2) is 27.1 Å². The van der Waals surface area contributed by atoms with E-state index < -0.39 is 17.9 Å². The summed E-state index contributed by atoms with van der Waals surface area (Å²) in [7, 11) is 0. The van der Waals surface area contributed by atoms with Crippen LogP contribution in [-0.2, 0) is 16.1 Å². The largest absolute Gasteiger partial charge is 0.478 e. The Balaban J connectivity index is 2.55. The van der Waals surface area contributed by atoms with Crippen LogP contribution in [0, 0.1) is 0 Å². The van der Waals surface area contributed by atoms with Crippen molar-refractivity contribution in [2.75, 3.05) is 0 Å². The highest BCUT2D eigenvalue weighted by Crippen LogP contribution is 2.21. The SMILES string of the molecule is C/C(C(=O)O)=C(/C)C(=O)NC(=O)NCc1sccc1Br. The standard InChI is InChI=1S/C12H13BrN2O4S/c1-6(7(2)11(17)18)10(16)15-12(19)14-5-9-8(13)3-4-20-9/h3-4H,5H2,1-2H3,(H,17,18)(H2,14,15,16,19)/b7-6+. The molecule has 8 heteroatoms. The van der Waals surface area contributed by atoms with Crippen LogP contribution in [0.2, 0.25) is 0 Å². The van der Waals surface area contributed by atoms with Gasteiger partial charge in [-0.05, 0) is 41.2 Å². The molecule has 20 heavy (non-hydrogen) atoms. The van der Waals surface area contributed by atoms with Crippen molar-refractivity contribution in [3.8, 4) is 0 Å². The molecule has 0 aliphatic carbocycles. The minimum atomic E-state index is -1.19. The van der Waals surface area contributed by atoms with Crippen LogP contribution in [-0.4, -0.2) is 23.0 Å². The number of rotatable bonds is 4. The molecule has 0 radical (unpaired) electrons. The molecule has 0 aliphatic rings. The first-order valence-electron chi connectivity index (χ1n) is 5.54. The van der Waals surface area contributed by atoms with Gasteiger partial charge < -0.3 is 10.4 Å². The second-order valence-electron chi connectivity index (χ2n) is 3.88. The van der Waals surface area contributed by atoms with Gasteiger partial charge in [0.15, 0.2) is 0 Å². The summed E-state index contributed by atoms with van der Waals surface area (Å²) in [5.41, 5.74) is -0.110. The van der Waals surface area contributed by atoms with Gasteiger partial charge in [0, 0.05) is 20.5 Å². The summed E-state index contributed by atoms with van der Waals surface area (Å²) in [6.45, 7) is 2.93. The van der Waals surface area contributed by atoms with E-state index in [1.807, 2.05) is 11.4 Å². The number of carboxylic acid groups (broad SMARTS) is 1. The van der Waals surface area contributed by atoms with Crippen molar-refractivity contribution in [3.05, 3.63) is 31.9 Å². The Labute approximate surface area is 128 Å². The number of hydrogen-bond acceptors (Lipinski definition) is 4. The van der Waals surface area contributed by atoms with E-state index in [4.69, 9.17) is 5.11 Å². The molecule has 0 aromatic carbocycles. The van der Waals surface area contributed by atoms with Gasteiger partial charge in [-0.25, -0.2) is 9.59 Å². The fraction of sp³-hybridized carbons (Fsp3) is 0.250. The Morgan fingerprint density at radius 2 is 1.95 bits per heavy atom. The van der Waals surface area contributed by atoms with Gasteiger partial charge in [0.25, 0.3) is 5.91 Å². The number of amides is 3. The van der Waals surface area contributed by atoms with Crippen LogP contribution in [0.4, 0.5) is 4.79 Å². The minimum absolute atomic E-state index is 0.00930. The average molecular weight is 361 g/mol. The number of halogens is 1. The van der Waals surface area contributed by atoms with Crippen LogP contribution < -0.4 is 10.6 Å². The molecule has 6 nitrogen and oxygen atoms in total. The van der Waals surface area contributed by atoms with E-state index in [9.17, 15) is 14.4 Å². The van der Waals surface area contributed by atoms with Gasteiger partial charge in [-0.2, -0.15) is 0 Å². The van der Waals surface area contributed by atoms with Gasteiger partial charge in [-0.1, -0.05) is 0 Å². The lowest BCUT2D eigenvalue weighted by Gasteiger charge is -2.07. The molecule has 0 fully saturated rings. The van der Waals surface area contributed by atoms with Gasteiger partial charge in [0.1, 0.15) is 0 Å². The average Bonchev–Trinajstić information content (AvgIpc) is 2.79. The van der Waals surface area contributed by atoms with Crippen molar-refractivity contribution < 1.29 is 19.5 Å². The Bertz CT molecular complexity index is 580. The lowest BCUT2D eigenvalue weighted by Crippen LogP contribution is -2.39. The van der Waals surface area contributed by atoms with Gasteiger partial charge in [0.05, 0.1) is 6.54 Å². The molecule has 1 aromatic rings. The smallest absolute Gasteiger partial charge is 0.331 e. The van der Waals surface area contributed by atoms with Crippen LogP contribution in [0.3, 0.4) is 0 Å². The molecule has 108 valence electrons. The van der Waals surface area contributed by atoms with E-state index in [-0.39, 0.29) is 17.7 Å². The van der Waals surface area contributed by atoms with Crippen molar-refractivity contribution in [3.63, 3.8) is 0 Å². The Morgan fingerprint density at radius 1 is 1.30 bits per heavy atom. The first-order valence-corrected chi connectivity index (χ1v) is 7.22. The van der Waals surface area contributed by atoms with Crippen molar-refractivity contribution in [1.29, 1.82) is 0 Å². The lowest BCUT2D eigenvalue weighted by atomic mass is 10.1. The predicted octanol–water partition coefficient (Wildman–Crippen LogP) is 2.26. The Morgan fingerprint density at radius 3 is 2.45 bits per heavy atom. The van der Waals surface area contributed by atoms with E-state index in [0.717, 1.165) is 9.35 Å². The third-order valence-electron chi connectivity index (χ3n) is 2.55. The number of imide groups is 1. The number of hydrogen-bond donors (Lipinski definition) is 3. The maximum Gasteiger partial charge on any atom is 0.331 e. The molecule has 0 unspecified atom stereocenters. The van der Waals surface area contributed by atoms with Gasteiger partial charge >= 0.3 is 12.0 Å². The second-order valence-corrected chi connectivity index (χ2v) is 5.74. The Hall–Kier alpha value is -1.67. The molecule has 3 amide bonds. The molecular weight excluding hydrogens is 348 g/mol. The second kappa shape index (κ2) is 7.20. The molecule has 0 bridgehead atoms. The minimum Gasteiger partial charge on any atom is -0.478 e. The zero-order valence-electron chi connectivity index (χ0n) is 10.8. The number of aliphatic carboxylic acids is 1.